The lowest BCUT2D eigenvalue weighted by atomic mass is 9.84. The minimum Gasteiger partial charge on any atom is -0.0985 e. The maximum Gasteiger partial charge on any atom is -0.0162 e. The largest absolute Gasteiger partial charge is 0.0985 e. The van der Waals surface area contributed by atoms with Crippen LogP contribution in [0.3, 0.4) is 0 Å². The smallest absolute Gasteiger partial charge is 0.0162 e. The Morgan fingerprint density at radius 2 is 0.950 bits per heavy atom. The zero-order chi connectivity index (χ0) is 28.8. The molecule has 1 aliphatic rings. The Bertz CT molecular complexity index is 1060. The second-order valence-electron chi connectivity index (χ2n) is 11.0. The van der Waals surface area contributed by atoms with Crippen LogP contribution in [-0.2, 0) is 12.8 Å². The zero-order valence-electron chi connectivity index (χ0n) is 25.6. The second-order valence-corrected chi connectivity index (χ2v) is 11.0. The van der Waals surface area contributed by atoms with Crippen molar-refractivity contribution in [2.24, 2.45) is 0 Å². The predicted octanol–water partition coefficient (Wildman–Crippen LogP) is 12.5. The van der Waals surface area contributed by atoms with E-state index in [0.717, 1.165) is 5.92 Å². The quantitative estimate of drug-likeness (QED) is 0.203. The molecule has 0 unspecified atom stereocenters. The van der Waals surface area contributed by atoms with Crippen molar-refractivity contribution in [1.82, 2.24) is 0 Å². The monoisotopic (exact) mass is 534 g/mol. The lowest BCUT2D eigenvalue weighted by Crippen LogP contribution is -2.04. The molecule has 1 fully saturated rings. The van der Waals surface area contributed by atoms with Crippen LogP contribution in [0.5, 0.6) is 0 Å². The fourth-order valence-corrected chi connectivity index (χ4v) is 5.12. The molecule has 0 atom stereocenters. The van der Waals surface area contributed by atoms with Gasteiger partial charge >= 0.3 is 0 Å². The van der Waals surface area contributed by atoms with E-state index >= 15 is 0 Å². The van der Waals surface area contributed by atoms with Crippen LogP contribution < -0.4 is 0 Å². The van der Waals surface area contributed by atoms with Gasteiger partial charge in [0.1, 0.15) is 0 Å². The van der Waals surface area contributed by atoms with Gasteiger partial charge in [0.2, 0.25) is 0 Å². The molecule has 3 aromatic carbocycles. The van der Waals surface area contributed by atoms with E-state index < -0.39 is 0 Å². The molecule has 0 bridgehead atoms. The van der Waals surface area contributed by atoms with Crippen molar-refractivity contribution in [2.45, 2.75) is 103 Å². The molecule has 0 aliphatic heterocycles. The first-order chi connectivity index (χ1) is 19.6. The molecule has 0 N–H and O–H groups in total. The first kappa shape index (κ1) is 33.1. The number of benzene rings is 3. The van der Waals surface area contributed by atoms with Gasteiger partial charge in [-0.15, -0.1) is 0 Å². The average molecular weight is 535 g/mol. The van der Waals surface area contributed by atoms with E-state index in [-0.39, 0.29) is 0 Å². The van der Waals surface area contributed by atoms with Crippen molar-refractivity contribution in [3.05, 3.63) is 126 Å². The zero-order valence-corrected chi connectivity index (χ0v) is 25.6. The summed E-state index contributed by atoms with van der Waals surface area (Å²) in [4.78, 5) is 0. The number of hydrogen-bond acceptors (Lipinski definition) is 0. The molecule has 0 heteroatoms. The van der Waals surface area contributed by atoms with Crippen LogP contribution in [0.15, 0.2) is 92.5 Å². The third-order valence-corrected chi connectivity index (χ3v) is 7.82. The van der Waals surface area contributed by atoms with E-state index in [9.17, 15) is 0 Å². The topological polar surface area (TPSA) is 0 Å². The predicted molar refractivity (Wildman–Crippen MR) is 182 cm³/mol. The molecule has 3 aromatic rings. The Balaban J connectivity index is 0.000000211. The highest BCUT2D eigenvalue weighted by Crippen LogP contribution is 2.32. The van der Waals surface area contributed by atoms with Gasteiger partial charge in [-0.2, -0.15) is 0 Å². The van der Waals surface area contributed by atoms with Crippen LogP contribution in [-0.4, -0.2) is 0 Å². The molecular formula is C40H54. The fourth-order valence-electron chi connectivity index (χ4n) is 5.12. The third-order valence-electron chi connectivity index (χ3n) is 7.82. The molecule has 0 nitrogen and oxygen atoms in total. The maximum atomic E-state index is 3.77. The first-order valence-electron chi connectivity index (χ1n) is 15.8. The van der Waals surface area contributed by atoms with Gasteiger partial charge in [-0.25, -0.2) is 0 Å². The summed E-state index contributed by atoms with van der Waals surface area (Å²) in [5.74, 6) is 0.822. The van der Waals surface area contributed by atoms with Crippen molar-refractivity contribution < 1.29 is 0 Å². The molecule has 0 aromatic heterocycles. The lowest BCUT2D eigenvalue weighted by Gasteiger charge is -2.21. The molecule has 0 heterocycles. The van der Waals surface area contributed by atoms with E-state index in [0.29, 0.717) is 0 Å². The van der Waals surface area contributed by atoms with Crippen LogP contribution in [0.1, 0.15) is 124 Å². The van der Waals surface area contributed by atoms with Crippen LogP contribution in [0.25, 0.3) is 18.2 Å². The van der Waals surface area contributed by atoms with Crippen LogP contribution >= 0.6 is 0 Å². The summed E-state index contributed by atoms with van der Waals surface area (Å²) in [5, 5.41) is 0. The summed E-state index contributed by atoms with van der Waals surface area (Å²) >= 11 is 0. The molecule has 4 rings (SSSR count). The number of hydrogen-bond donors (Lipinski definition) is 0. The molecule has 0 saturated heterocycles. The normalized spacial score (nSPS) is 12.8. The Labute approximate surface area is 247 Å². The highest BCUT2D eigenvalue weighted by Gasteiger charge is 2.14. The van der Waals surface area contributed by atoms with Crippen molar-refractivity contribution in [1.29, 1.82) is 0 Å². The standard InChI is InChI=1S/C14H18.C14H20.C12H16/c1-2-12-8-10-14(11-9-12)13-6-4-3-5-7-13;1-3-5-6-7-8-14-11-9-13(4-2)10-12-14;1-3-5-6-12-9-7-11(4-2)8-10-12/h2,8-11,13H,1,3-7H2;4,9-12H,2-3,5-8H2,1H3;4,7-10H,2-3,5-6H2,1H3. The molecule has 1 saturated carbocycles. The van der Waals surface area contributed by atoms with Crippen molar-refractivity contribution >= 4 is 18.2 Å². The van der Waals surface area contributed by atoms with Crippen molar-refractivity contribution in [3.63, 3.8) is 0 Å². The van der Waals surface area contributed by atoms with Gasteiger partial charge in [0.25, 0.3) is 0 Å². The Hall–Kier alpha value is -3.12. The minimum absolute atomic E-state index is 0.822. The number of rotatable bonds is 12. The summed E-state index contributed by atoms with van der Waals surface area (Å²) in [7, 11) is 0. The van der Waals surface area contributed by atoms with Gasteiger partial charge < -0.3 is 0 Å². The van der Waals surface area contributed by atoms with Gasteiger partial charge in [0.05, 0.1) is 0 Å². The van der Waals surface area contributed by atoms with Gasteiger partial charge in [0, 0.05) is 0 Å². The summed E-state index contributed by atoms with van der Waals surface area (Å²) in [6, 6.07) is 26.2. The summed E-state index contributed by atoms with van der Waals surface area (Å²) in [6.45, 7) is 15.7. The van der Waals surface area contributed by atoms with Gasteiger partial charge in [0.15, 0.2) is 0 Å². The highest BCUT2D eigenvalue weighted by molar-refractivity contribution is 5.48. The third kappa shape index (κ3) is 13.3. The number of unbranched alkanes of at least 4 members (excludes halogenated alkanes) is 4. The van der Waals surface area contributed by atoms with E-state index in [2.05, 4.69) is 106 Å². The van der Waals surface area contributed by atoms with E-state index in [4.69, 9.17) is 0 Å². The lowest BCUT2D eigenvalue weighted by molar-refractivity contribution is 0.443. The fraction of sp³-hybridized carbons (Fsp3) is 0.400. The van der Waals surface area contributed by atoms with Crippen LogP contribution in [0, 0.1) is 0 Å². The van der Waals surface area contributed by atoms with Crippen LogP contribution in [0.4, 0.5) is 0 Å². The molecule has 214 valence electrons. The number of aryl methyl sites for hydroxylation is 2. The van der Waals surface area contributed by atoms with E-state index in [1.165, 1.54) is 117 Å². The second kappa shape index (κ2) is 20.7. The Kier molecular flexibility index (Phi) is 17.2. The molecular weight excluding hydrogens is 480 g/mol. The molecule has 40 heavy (non-hydrogen) atoms. The molecule has 0 radical (unpaired) electrons. The van der Waals surface area contributed by atoms with Gasteiger partial charge in [-0.3, -0.25) is 0 Å². The summed E-state index contributed by atoms with van der Waals surface area (Å²) < 4.78 is 0. The Morgan fingerprint density at radius 3 is 1.38 bits per heavy atom. The summed E-state index contributed by atoms with van der Waals surface area (Å²) in [6.07, 6.45) is 23.0. The van der Waals surface area contributed by atoms with E-state index in [1.807, 2.05) is 18.2 Å². The molecule has 0 spiro atoms. The summed E-state index contributed by atoms with van der Waals surface area (Å²) in [5.41, 5.74) is 8.05. The minimum atomic E-state index is 0.822. The Morgan fingerprint density at radius 1 is 0.525 bits per heavy atom. The van der Waals surface area contributed by atoms with Gasteiger partial charge in [-0.1, -0.05) is 170 Å². The van der Waals surface area contributed by atoms with Crippen molar-refractivity contribution in [3.8, 4) is 0 Å². The molecule has 0 amide bonds. The average Bonchev–Trinajstić information content (AvgIpc) is 3.04. The highest BCUT2D eigenvalue weighted by atomic mass is 14.2. The maximum absolute atomic E-state index is 3.77. The van der Waals surface area contributed by atoms with Crippen LogP contribution in [0.2, 0.25) is 0 Å². The van der Waals surface area contributed by atoms with E-state index in [1.54, 1.807) is 0 Å². The SMILES string of the molecule is C=Cc1ccc(C2CCCCC2)cc1.C=Cc1ccc(CCCC)cc1.C=Cc1ccc(CCCCCC)cc1. The molecule has 1 aliphatic carbocycles. The van der Waals surface area contributed by atoms with Crippen molar-refractivity contribution in [2.75, 3.05) is 0 Å². The van der Waals surface area contributed by atoms with Gasteiger partial charge in [-0.05, 0) is 77.8 Å². The first-order valence-corrected chi connectivity index (χ1v) is 15.8.